The van der Waals surface area contributed by atoms with Crippen LogP contribution >= 0.6 is 0 Å². The number of piperidine rings is 1. The summed E-state index contributed by atoms with van der Waals surface area (Å²) in [6, 6.07) is 9.53. The fourth-order valence-corrected chi connectivity index (χ4v) is 4.95. The molecule has 7 heteroatoms. The summed E-state index contributed by atoms with van der Waals surface area (Å²) < 4.78 is 29.2. The zero-order valence-corrected chi connectivity index (χ0v) is 14.7. The van der Waals surface area contributed by atoms with Crippen molar-refractivity contribution >= 4 is 10.0 Å². The molecule has 3 rings (SSSR count). The highest BCUT2D eigenvalue weighted by atomic mass is 32.2. The van der Waals surface area contributed by atoms with Crippen LogP contribution in [0.1, 0.15) is 31.7 Å². The number of benzene rings is 1. The zero-order chi connectivity index (χ0) is 17.2. The Hall–Kier alpha value is -1.70. The maximum absolute atomic E-state index is 13.0. The number of aromatic nitrogens is 2. The Morgan fingerprint density at radius 3 is 2.75 bits per heavy atom. The molecule has 1 saturated heterocycles. The van der Waals surface area contributed by atoms with Gasteiger partial charge in [0.15, 0.2) is 0 Å². The zero-order valence-electron chi connectivity index (χ0n) is 13.9. The molecule has 2 atom stereocenters. The molecule has 6 nitrogen and oxygen atoms in total. The molecule has 0 radical (unpaired) electrons. The molecule has 2 heterocycles. The van der Waals surface area contributed by atoms with Crippen LogP contribution in [0.5, 0.6) is 0 Å². The van der Waals surface area contributed by atoms with Crippen molar-refractivity contribution in [3.8, 4) is 0 Å². The van der Waals surface area contributed by atoms with Crippen molar-refractivity contribution < 1.29 is 8.42 Å². The lowest BCUT2D eigenvalue weighted by molar-refractivity contribution is 0.227. The van der Waals surface area contributed by atoms with Crippen LogP contribution in [0.15, 0.2) is 47.6 Å². The summed E-state index contributed by atoms with van der Waals surface area (Å²) in [5, 5.41) is 4.22. The summed E-state index contributed by atoms with van der Waals surface area (Å²) in [6.45, 7) is 2.95. The van der Waals surface area contributed by atoms with E-state index in [2.05, 4.69) is 5.10 Å². The highest BCUT2D eigenvalue weighted by Gasteiger charge is 2.35. The van der Waals surface area contributed by atoms with Crippen LogP contribution in [0.3, 0.4) is 0 Å². The largest absolute Gasteiger partial charge is 0.326 e. The molecule has 0 amide bonds. The van der Waals surface area contributed by atoms with Gasteiger partial charge in [0, 0.05) is 24.8 Å². The molecule has 0 spiro atoms. The molecule has 0 aliphatic carbocycles. The Morgan fingerprint density at radius 2 is 2.04 bits per heavy atom. The SMILES string of the molecule is C[C@@H](N)[C@@H]1CCCCN1S(=O)(=O)c1cnn(Cc2ccccc2)c1. The third-order valence-corrected chi connectivity index (χ3v) is 6.39. The topological polar surface area (TPSA) is 81.2 Å². The van der Waals surface area contributed by atoms with Gasteiger partial charge in [-0.05, 0) is 25.3 Å². The minimum absolute atomic E-state index is 0.138. The van der Waals surface area contributed by atoms with Crippen LogP contribution in [-0.2, 0) is 16.6 Å². The summed E-state index contributed by atoms with van der Waals surface area (Å²) in [7, 11) is -3.56. The first-order valence-electron chi connectivity index (χ1n) is 8.32. The van der Waals surface area contributed by atoms with Crippen LogP contribution < -0.4 is 5.73 Å². The van der Waals surface area contributed by atoms with Gasteiger partial charge < -0.3 is 5.73 Å². The molecular weight excluding hydrogens is 324 g/mol. The Balaban J connectivity index is 1.82. The van der Waals surface area contributed by atoms with E-state index in [0.717, 1.165) is 24.8 Å². The van der Waals surface area contributed by atoms with Crippen LogP contribution in [0.4, 0.5) is 0 Å². The molecule has 0 saturated carbocycles. The van der Waals surface area contributed by atoms with E-state index < -0.39 is 10.0 Å². The van der Waals surface area contributed by atoms with E-state index in [1.807, 2.05) is 37.3 Å². The van der Waals surface area contributed by atoms with Crippen molar-refractivity contribution in [3.63, 3.8) is 0 Å². The van der Waals surface area contributed by atoms with Crippen molar-refractivity contribution in [2.24, 2.45) is 5.73 Å². The highest BCUT2D eigenvalue weighted by molar-refractivity contribution is 7.89. The third kappa shape index (κ3) is 3.53. The summed E-state index contributed by atoms with van der Waals surface area (Å²) in [6.07, 6.45) is 5.75. The number of hydrogen-bond acceptors (Lipinski definition) is 4. The van der Waals surface area contributed by atoms with Crippen molar-refractivity contribution in [3.05, 3.63) is 48.3 Å². The molecule has 1 aromatic heterocycles. The minimum Gasteiger partial charge on any atom is -0.326 e. The first-order valence-corrected chi connectivity index (χ1v) is 9.76. The monoisotopic (exact) mass is 348 g/mol. The quantitative estimate of drug-likeness (QED) is 0.894. The van der Waals surface area contributed by atoms with Gasteiger partial charge >= 0.3 is 0 Å². The molecule has 0 unspecified atom stereocenters. The van der Waals surface area contributed by atoms with E-state index in [-0.39, 0.29) is 17.0 Å². The van der Waals surface area contributed by atoms with Gasteiger partial charge in [0.1, 0.15) is 4.90 Å². The van der Waals surface area contributed by atoms with Gasteiger partial charge in [0.05, 0.1) is 12.7 Å². The molecule has 2 N–H and O–H groups in total. The van der Waals surface area contributed by atoms with E-state index in [0.29, 0.717) is 13.1 Å². The Bertz CT molecular complexity index is 771. The average molecular weight is 348 g/mol. The van der Waals surface area contributed by atoms with Gasteiger partial charge in [-0.25, -0.2) is 8.42 Å². The molecule has 1 fully saturated rings. The molecule has 24 heavy (non-hydrogen) atoms. The van der Waals surface area contributed by atoms with Crippen molar-refractivity contribution in [1.82, 2.24) is 14.1 Å². The van der Waals surface area contributed by atoms with Gasteiger partial charge in [-0.15, -0.1) is 0 Å². The smallest absolute Gasteiger partial charge is 0.246 e. The lowest BCUT2D eigenvalue weighted by Gasteiger charge is -2.36. The summed E-state index contributed by atoms with van der Waals surface area (Å²) in [5.41, 5.74) is 7.09. The van der Waals surface area contributed by atoms with Gasteiger partial charge in [-0.2, -0.15) is 9.40 Å². The second kappa shape index (κ2) is 7.04. The van der Waals surface area contributed by atoms with Gasteiger partial charge in [-0.3, -0.25) is 4.68 Å². The van der Waals surface area contributed by atoms with Crippen LogP contribution in [0.2, 0.25) is 0 Å². The fraction of sp³-hybridized carbons (Fsp3) is 0.471. The second-order valence-electron chi connectivity index (χ2n) is 6.40. The third-order valence-electron chi connectivity index (χ3n) is 4.51. The number of hydrogen-bond donors (Lipinski definition) is 1. The lowest BCUT2D eigenvalue weighted by atomic mass is 10.00. The average Bonchev–Trinajstić information content (AvgIpc) is 3.05. The number of nitrogens with two attached hydrogens (primary N) is 1. The van der Waals surface area contributed by atoms with Crippen LogP contribution in [0.25, 0.3) is 0 Å². The van der Waals surface area contributed by atoms with Gasteiger partial charge in [0.2, 0.25) is 10.0 Å². The molecule has 2 aromatic rings. The lowest BCUT2D eigenvalue weighted by Crippen LogP contribution is -2.51. The van der Waals surface area contributed by atoms with Crippen molar-refractivity contribution in [2.45, 2.75) is 49.7 Å². The van der Waals surface area contributed by atoms with E-state index in [1.165, 1.54) is 6.20 Å². The highest BCUT2D eigenvalue weighted by Crippen LogP contribution is 2.26. The number of sulfonamides is 1. The maximum Gasteiger partial charge on any atom is 0.246 e. The molecular formula is C17H24N4O2S. The normalized spacial score (nSPS) is 20.8. The predicted octanol–water partition coefficient (Wildman–Crippen LogP) is 1.82. The predicted molar refractivity (Wildman–Crippen MR) is 93.0 cm³/mol. The Labute approximate surface area is 143 Å². The first kappa shape index (κ1) is 17.1. The van der Waals surface area contributed by atoms with Crippen molar-refractivity contribution in [2.75, 3.05) is 6.54 Å². The molecule has 0 bridgehead atoms. The summed E-state index contributed by atoms with van der Waals surface area (Å²) in [5.74, 6) is 0. The first-order chi connectivity index (χ1) is 11.5. The van der Waals surface area contributed by atoms with Crippen LogP contribution in [-0.4, -0.2) is 41.1 Å². The van der Waals surface area contributed by atoms with E-state index >= 15 is 0 Å². The second-order valence-corrected chi connectivity index (χ2v) is 8.29. The Morgan fingerprint density at radius 1 is 1.29 bits per heavy atom. The molecule has 1 aliphatic heterocycles. The van der Waals surface area contributed by atoms with Gasteiger partial charge in [-0.1, -0.05) is 36.8 Å². The Kier molecular flexibility index (Phi) is 5.03. The number of nitrogens with zero attached hydrogens (tertiary/aromatic N) is 3. The van der Waals surface area contributed by atoms with Gasteiger partial charge in [0.25, 0.3) is 0 Å². The molecule has 1 aromatic carbocycles. The summed E-state index contributed by atoms with van der Waals surface area (Å²) in [4.78, 5) is 0.242. The van der Waals surface area contributed by atoms with Crippen molar-refractivity contribution in [1.29, 1.82) is 0 Å². The maximum atomic E-state index is 13.0. The minimum atomic E-state index is -3.56. The standard InChI is InChI=1S/C17H24N4O2S/c1-14(18)17-9-5-6-10-21(17)24(22,23)16-11-19-20(13-16)12-15-7-3-2-4-8-15/h2-4,7-8,11,13-14,17H,5-6,9-10,12,18H2,1H3/t14-,17+/m1/s1. The fourth-order valence-electron chi connectivity index (χ4n) is 3.22. The molecule has 1 aliphatic rings. The number of rotatable bonds is 5. The van der Waals surface area contributed by atoms with E-state index in [9.17, 15) is 8.42 Å². The van der Waals surface area contributed by atoms with E-state index in [4.69, 9.17) is 5.73 Å². The molecule has 130 valence electrons. The van der Waals surface area contributed by atoms with Crippen LogP contribution in [0, 0.1) is 0 Å². The summed E-state index contributed by atoms with van der Waals surface area (Å²) >= 11 is 0. The van der Waals surface area contributed by atoms with E-state index in [1.54, 1.807) is 15.2 Å².